The lowest BCUT2D eigenvalue weighted by Crippen LogP contribution is -2.49. The van der Waals surface area contributed by atoms with Gasteiger partial charge in [0.15, 0.2) is 0 Å². The van der Waals surface area contributed by atoms with Gasteiger partial charge in [-0.2, -0.15) is 0 Å². The molecule has 4 nitrogen and oxygen atoms in total. The quantitative estimate of drug-likeness (QED) is 0.413. The van der Waals surface area contributed by atoms with E-state index in [4.69, 9.17) is 0 Å². The van der Waals surface area contributed by atoms with Crippen LogP contribution in [0.2, 0.25) is 0 Å². The van der Waals surface area contributed by atoms with Crippen molar-refractivity contribution in [1.82, 2.24) is 10.6 Å². The Bertz CT molecular complexity index is 1020. The van der Waals surface area contributed by atoms with E-state index in [0.717, 1.165) is 23.6 Å². The van der Waals surface area contributed by atoms with Crippen LogP contribution in [-0.2, 0) is 30.6 Å². The zero-order valence-corrected chi connectivity index (χ0v) is 18.7. The van der Waals surface area contributed by atoms with Crippen molar-refractivity contribution in [2.75, 3.05) is 6.54 Å². The number of halogens is 2. The predicted octanol–water partition coefficient (Wildman–Crippen LogP) is 3.95. The van der Waals surface area contributed by atoms with Gasteiger partial charge in [0.2, 0.25) is 5.91 Å². The summed E-state index contributed by atoms with van der Waals surface area (Å²) in [5, 5.41) is 16.9. The molecule has 0 aliphatic rings. The highest BCUT2D eigenvalue weighted by Gasteiger charge is 2.22. The van der Waals surface area contributed by atoms with E-state index >= 15 is 0 Å². The van der Waals surface area contributed by atoms with Gasteiger partial charge in [-0.25, -0.2) is 8.78 Å². The van der Waals surface area contributed by atoms with Gasteiger partial charge in [0.25, 0.3) is 0 Å². The molecule has 0 aliphatic carbocycles. The summed E-state index contributed by atoms with van der Waals surface area (Å²) < 4.78 is 27.4. The number of aryl methyl sites for hydroxylation is 1. The van der Waals surface area contributed by atoms with Crippen LogP contribution in [0.1, 0.15) is 29.2 Å². The number of carbonyl (C=O) groups excluding carboxylic acids is 1. The Labute approximate surface area is 193 Å². The average Bonchev–Trinajstić information content (AvgIpc) is 2.78. The van der Waals surface area contributed by atoms with Crippen LogP contribution < -0.4 is 10.6 Å². The van der Waals surface area contributed by atoms with Crippen molar-refractivity contribution >= 4 is 5.91 Å². The minimum atomic E-state index is -0.953. The molecule has 3 N–H and O–H groups in total. The highest BCUT2D eigenvalue weighted by atomic mass is 19.1. The summed E-state index contributed by atoms with van der Waals surface area (Å²) in [7, 11) is 0. The number of aliphatic hydroxyl groups is 1. The van der Waals surface area contributed by atoms with E-state index in [1.165, 1.54) is 17.7 Å². The Kier molecular flexibility index (Phi) is 9.10. The molecular formula is C27H30F2N2O2. The highest BCUT2D eigenvalue weighted by Crippen LogP contribution is 2.13. The zero-order valence-electron chi connectivity index (χ0n) is 18.7. The smallest absolute Gasteiger partial charge is 0.224 e. The van der Waals surface area contributed by atoms with E-state index in [1.54, 1.807) is 0 Å². The van der Waals surface area contributed by atoms with Crippen molar-refractivity contribution in [1.29, 1.82) is 0 Å². The van der Waals surface area contributed by atoms with E-state index in [-0.39, 0.29) is 25.3 Å². The Morgan fingerprint density at radius 1 is 0.879 bits per heavy atom. The number of hydrogen-bond acceptors (Lipinski definition) is 3. The van der Waals surface area contributed by atoms with Crippen LogP contribution >= 0.6 is 0 Å². The lowest BCUT2D eigenvalue weighted by molar-refractivity contribution is -0.122. The van der Waals surface area contributed by atoms with Crippen molar-refractivity contribution < 1.29 is 18.7 Å². The monoisotopic (exact) mass is 452 g/mol. The summed E-state index contributed by atoms with van der Waals surface area (Å²) in [4.78, 5) is 12.6. The van der Waals surface area contributed by atoms with Crippen molar-refractivity contribution in [2.45, 2.75) is 44.9 Å². The van der Waals surface area contributed by atoms with Crippen molar-refractivity contribution in [3.8, 4) is 0 Å². The third-order valence-corrected chi connectivity index (χ3v) is 5.48. The summed E-state index contributed by atoms with van der Waals surface area (Å²) in [6.07, 6.45) is 0.239. The number of benzene rings is 3. The first kappa shape index (κ1) is 24.6. The summed E-state index contributed by atoms with van der Waals surface area (Å²) >= 11 is 0. The fourth-order valence-electron chi connectivity index (χ4n) is 3.77. The number of aliphatic hydroxyl groups excluding tert-OH is 1. The number of amides is 1. The molecule has 0 radical (unpaired) electrons. The van der Waals surface area contributed by atoms with Crippen LogP contribution in [0.4, 0.5) is 8.78 Å². The van der Waals surface area contributed by atoms with Crippen LogP contribution in [0.15, 0.2) is 72.8 Å². The molecule has 0 bridgehead atoms. The molecule has 0 heterocycles. The molecule has 0 spiro atoms. The van der Waals surface area contributed by atoms with E-state index < -0.39 is 23.8 Å². The third-order valence-electron chi connectivity index (χ3n) is 5.48. The number of rotatable bonds is 11. The second-order valence-electron chi connectivity index (χ2n) is 8.19. The van der Waals surface area contributed by atoms with Gasteiger partial charge in [-0.1, -0.05) is 61.5 Å². The second kappa shape index (κ2) is 12.2. The molecule has 0 saturated carbocycles. The maximum Gasteiger partial charge on any atom is 0.224 e. The molecule has 6 heteroatoms. The van der Waals surface area contributed by atoms with Crippen LogP contribution in [0, 0.1) is 11.6 Å². The molecule has 2 atom stereocenters. The van der Waals surface area contributed by atoms with Gasteiger partial charge in [0, 0.05) is 19.2 Å². The van der Waals surface area contributed by atoms with Crippen LogP contribution in [0.25, 0.3) is 0 Å². The number of carbonyl (C=O) groups is 1. The molecular weight excluding hydrogens is 422 g/mol. The standard InChI is InChI=1S/C27H30F2N2O2/c1-2-19-9-6-10-21(11-19)17-30-18-26(32)25(14-22-12-23(28)16-24(29)13-22)31-27(33)15-20-7-4-3-5-8-20/h3-13,16,25-26,30,32H,2,14-15,17-18H2,1H3,(H,31,33)/t25-,26+/m0/s1. The Morgan fingerprint density at radius 2 is 1.55 bits per heavy atom. The largest absolute Gasteiger partial charge is 0.390 e. The van der Waals surface area contributed by atoms with Crippen LogP contribution in [0.5, 0.6) is 0 Å². The van der Waals surface area contributed by atoms with Crippen LogP contribution in [-0.4, -0.2) is 29.7 Å². The summed E-state index contributed by atoms with van der Waals surface area (Å²) in [6.45, 7) is 2.86. The SMILES string of the molecule is CCc1cccc(CNC[C@@H](O)[C@H](Cc2cc(F)cc(F)c2)NC(=O)Cc2ccccc2)c1. The Hall–Kier alpha value is -3.09. The first-order valence-corrected chi connectivity index (χ1v) is 11.2. The average molecular weight is 453 g/mol. The van der Waals surface area contributed by atoms with Gasteiger partial charge in [-0.15, -0.1) is 0 Å². The van der Waals surface area contributed by atoms with Crippen molar-refractivity contribution in [3.05, 3.63) is 107 Å². The molecule has 1 amide bonds. The summed E-state index contributed by atoms with van der Waals surface area (Å²) in [6, 6.07) is 20.0. The van der Waals surface area contributed by atoms with E-state index in [0.29, 0.717) is 12.1 Å². The van der Waals surface area contributed by atoms with Gasteiger partial charge >= 0.3 is 0 Å². The van der Waals surface area contributed by atoms with Gasteiger partial charge in [-0.05, 0) is 47.2 Å². The minimum Gasteiger partial charge on any atom is -0.390 e. The maximum atomic E-state index is 13.7. The molecule has 174 valence electrons. The predicted molar refractivity (Wildman–Crippen MR) is 126 cm³/mol. The lowest BCUT2D eigenvalue weighted by Gasteiger charge is -2.25. The molecule has 3 rings (SSSR count). The molecule has 3 aromatic rings. The van der Waals surface area contributed by atoms with Gasteiger partial charge in [0.1, 0.15) is 11.6 Å². The van der Waals surface area contributed by atoms with Crippen LogP contribution in [0.3, 0.4) is 0 Å². The molecule has 3 aromatic carbocycles. The molecule has 0 aromatic heterocycles. The minimum absolute atomic E-state index is 0.101. The topological polar surface area (TPSA) is 61.4 Å². The molecule has 0 aliphatic heterocycles. The first-order valence-electron chi connectivity index (χ1n) is 11.2. The van der Waals surface area contributed by atoms with Crippen molar-refractivity contribution in [2.24, 2.45) is 0 Å². The first-order chi connectivity index (χ1) is 15.9. The third kappa shape index (κ3) is 8.08. The molecule has 0 saturated heterocycles. The van der Waals surface area contributed by atoms with Gasteiger partial charge in [-0.3, -0.25) is 4.79 Å². The van der Waals surface area contributed by atoms with E-state index in [2.05, 4.69) is 29.7 Å². The Balaban J connectivity index is 1.65. The highest BCUT2D eigenvalue weighted by molar-refractivity contribution is 5.79. The fourth-order valence-corrected chi connectivity index (χ4v) is 3.77. The van der Waals surface area contributed by atoms with Gasteiger partial charge < -0.3 is 15.7 Å². The fraction of sp³-hybridized carbons (Fsp3) is 0.296. The molecule has 33 heavy (non-hydrogen) atoms. The normalized spacial score (nSPS) is 12.8. The number of nitrogens with one attached hydrogen (secondary N) is 2. The molecule has 0 unspecified atom stereocenters. The molecule has 0 fully saturated rings. The van der Waals surface area contributed by atoms with E-state index in [1.807, 2.05) is 42.5 Å². The maximum absolute atomic E-state index is 13.7. The Morgan fingerprint density at radius 3 is 2.24 bits per heavy atom. The number of hydrogen-bond donors (Lipinski definition) is 3. The second-order valence-corrected chi connectivity index (χ2v) is 8.19. The summed E-state index contributed by atoms with van der Waals surface area (Å²) in [5.41, 5.74) is 3.54. The summed E-state index contributed by atoms with van der Waals surface area (Å²) in [5.74, 6) is -1.65. The van der Waals surface area contributed by atoms with Gasteiger partial charge in [0.05, 0.1) is 18.6 Å². The zero-order chi connectivity index (χ0) is 23.6. The van der Waals surface area contributed by atoms with E-state index in [9.17, 15) is 18.7 Å². The van der Waals surface area contributed by atoms with Crippen molar-refractivity contribution in [3.63, 3.8) is 0 Å². The lowest BCUT2D eigenvalue weighted by atomic mass is 10.00.